The minimum Gasteiger partial charge on any atom is -0.389 e. The lowest BCUT2D eigenvalue weighted by Crippen LogP contribution is -2.51. The van der Waals surface area contributed by atoms with Crippen molar-refractivity contribution >= 4 is 21.4 Å². The molecule has 1 aliphatic rings. The summed E-state index contributed by atoms with van der Waals surface area (Å²) in [6.07, 6.45) is 1.90. The predicted molar refractivity (Wildman–Crippen MR) is 136 cm³/mol. The molecular formula is C26H27F3N4O5S. The molecule has 0 bridgehead atoms. The summed E-state index contributed by atoms with van der Waals surface area (Å²) in [7, 11) is -3.94. The summed E-state index contributed by atoms with van der Waals surface area (Å²) < 4.78 is 73.5. The number of nitrogens with two attached hydrogens (primary N) is 1. The average molecular weight is 565 g/mol. The minimum atomic E-state index is -3.94. The van der Waals surface area contributed by atoms with Crippen LogP contribution in [-0.4, -0.2) is 53.9 Å². The summed E-state index contributed by atoms with van der Waals surface area (Å²) in [4.78, 5) is 20.3. The van der Waals surface area contributed by atoms with Crippen LogP contribution in [0.4, 0.5) is 18.9 Å². The maximum absolute atomic E-state index is 14.7. The smallest absolute Gasteiger partial charge is 0.274 e. The van der Waals surface area contributed by atoms with E-state index in [9.17, 15) is 31.5 Å². The number of ether oxygens (including phenoxy) is 1. The Morgan fingerprint density at radius 2 is 1.82 bits per heavy atom. The van der Waals surface area contributed by atoms with Crippen LogP contribution in [0.15, 0.2) is 47.6 Å². The van der Waals surface area contributed by atoms with Gasteiger partial charge in [-0.1, -0.05) is 13.8 Å². The van der Waals surface area contributed by atoms with Crippen LogP contribution in [0.2, 0.25) is 0 Å². The first-order valence-electron chi connectivity index (χ1n) is 12.0. The van der Waals surface area contributed by atoms with E-state index in [1.807, 2.05) is 13.8 Å². The Labute approximate surface area is 223 Å². The normalized spacial score (nSPS) is 21.7. The third kappa shape index (κ3) is 5.96. The molecule has 0 unspecified atom stereocenters. The first kappa shape index (κ1) is 28.6. The van der Waals surface area contributed by atoms with Crippen molar-refractivity contribution in [2.75, 3.05) is 11.6 Å². The molecule has 1 fully saturated rings. The molecule has 39 heavy (non-hydrogen) atoms. The van der Waals surface area contributed by atoms with Gasteiger partial charge in [-0.2, -0.15) is 0 Å². The number of rotatable bonds is 6. The van der Waals surface area contributed by atoms with Crippen molar-refractivity contribution in [2.24, 2.45) is 11.7 Å². The molecule has 1 saturated heterocycles. The van der Waals surface area contributed by atoms with Crippen LogP contribution in [0.1, 0.15) is 42.4 Å². The van der Waals surface area contributed by atoms with Gasteiger partial charge in [0.25, 0.3) is 5.91 Å². The lowest BCUT2D eigenvalue weighted by molar-refractivity contribution is -0.145. The number of benzene rings is 1. The number of carbonyl (C=O) groups excluding carboxylic acids is 1. The van der Waals surface area contributed by atoms with Crippen molar-refractivity contribution in [3.8, 4) is 11.3 Å². The monoisotopic (exact) mass is 564 g/mol. The number of nitrogens with zero attached hydrogens (tertiary/aromatic N) is 2. The molecule has 1 aromatic carbocycles. The Hall–Kier alpha value is -3.39. The highest BCUT2D eigenvalue weighted by Crippen LogP contribution is 2.37. The Balaban J connectivity index is 1.65. The van der Waals surface area contributed by atoms with Crippen LogP contribution >= 0.6 is 0 Å². The average Bonchev–Trinajstić information content (AvgIpc) is 2.85. The van der Waals surface area contributed by atoms with Crippen molar-refractivity contribution in [3.05, 3.63) is 71.4 Å². The van der Waals surface area contributed by atoms with Gasteiger partial charge in [0.2, 0.25) is 0 Å². The largest absolute Gasteiger partial charge is 0.389 e. The number of anilines is 1. The summed E-state index contributed by atoms with van der Waals surface area (Å²) in [5.74, 6) is -4.72. The van der Waals surface area contributed by atoms with Crippen LogP contribution in [0, 0.1) is 23.4 Å². The van der Waals surface area contributed by atoms with Crippen LogP contribution in [0.3, 0.4) is 0 Å². The third-order valence-electron chi connectivity index (χ3n) is 6.45. The Kier molecular flexibility index (Phi) is 8.07. The van der Waals surface area contributed by atoms with Gasteiger partial charge in [-0.25, -0.2) is 26.6 Å². The second-order valence-electron chi connectivity index (χ2n) is 9.70. The second kappa shape index (κ2) is 11.0. The Morgan fingerprint density at radius 3 is 2.44 bits per heavy atom. The van der Waals surface area contributed by atoms with Crippen LogP contribution in [-0.2, 0) is 14.6 Å². The Bertz CT molecular complexity index is 1500. The van der Waals surface area contributed by atoms with Gasteiger partial charge >= 0.3 is 0 Å². The SMILES string of the molecule is CC(C)[C@H]1O[C@H](c2ccncc2NC(=O)c2ccc(F)c(-c3c(F)cc(S(C)(=O)=O)cc3F)n2)C[C@@H](N)[C@@H]1O. The number of pyridine rings is 2. The number of aliphatic hydroxyl groups excluding tert-OH is 1. The number of aliphatic hydroxyl groups is 1. The summed E-state index contributed by atoms with van der Waals surface area (Å²) in [5.41, 5.74) is 4.82. The van der Waals surface area contributed by atoms with Gasteiger partial charge in [0, 0.05) is 24.1 Å². The van der Waals surface area contributed by atoms with Crippen molar-refractivity contribution in [2.45, 2.75) is 49.5 Å². The van der Waals surface area contributed by atoms with Gasteiger partial charge in [-0.05, 0) is 42.7 Å². The molecule has 3 aromatic rings. The highest BCUT2D eigenvalue weighted by atomic mass is 32.2. The third-order valence-corrected chi connectivity index (χ3v) is 7.54. The van der Waals surface area contributed by atoms with E-state index in [2.05, 4.69) is 15.3 Å². The van der Waals surface area contributed by atoms with Crippen LogP contribution in [0.25, 0.3) is 11.3 Å². The molecule has 0 radical (unpaired) electrons. The number of aromatic nitrogens is 2. The summed E-state index contributed by atoms with van der Waals surface area (Å²) in [6, 6.07) is 4.01. The molecule has 9 nitrogen and oxygen atoms in total. The highest BCUT2D eigenvalue weighted by Gasteiger charge is 2.38. The fourth-order valence-electron chi connectivity index (χ4n) is 4.42. The zero-order valence-electron chi connectivity index (χ0n) is 21.2. The molecule has 2 aromatic heterocycles. The fourth-order valence-corrected chi connectivity index (χ4v) is 5.05. The van der Waals surface area contributed by atoms with Crippen LogP contribution in [0.5, 0.6) is 0 Å². The van der Waals surface area contributed by atoms with Crippen molar-refractivity contribution in [1.29, 1.82) is 0 Å². The summed E-state index contributed by atoms with van der Waals surface area (Å²) in [6.45, 7) is 3.77. The molecule has 1 aliphatic heterocycles. The van der Waals surface area contributed by atoms with Crippen molar-refractivity contribution in [3.63, 3.8) is 0 Å². The van der Waals surface area contributed by atoms with Gasteiger partial charge < -0.3 is 20.9 Å². The van der Waals surface area contributed by atoms with Gasteiger partial charge in [0.15, 0.2) is 9.84 Å². The van der Waals surface area contributed by atoms with E-state index >= 15 is 0 Å². The van der Waals surface area contributed by atoms with E-state index in [0.29, 0.717) is 17.7 Å². The fraction of sp³-hybridized carbons (Fsp3) is 0.346. The van der Waals surface area contributed by atoms with Gasteiger partial charge in [0.1, 0.15) is 28.8 Å². The maximum Gasteiger partial charge on any atom is 0.274 e. The predicted octanol–water partition coefficient (Wildman–Crippen LogP) is 3.39. The van der Waals surface area contributed by atoms with Gasteiger partial charge in [-0.15, -0.1) is 0 Å². The molecule has 13 heteroatoms. The highest BCUT2D eigenvalue weighted by molar-refractivity contribution is 7.90. The maximum atomic E-state index is 14.7. The number of hydrogen-bond donors (Lipinski definition) is 3. The number of nitrogens with one attached hydrogen (secondary N) is 1. The zero-order valence-corrected chi connectivity index (χ0v) is 22.0. The second-order valence-corrected chi connectivity index (χ2v) is 11.7. The topological polar surface area (TPSA) is 144 Å². The quantitative estimate of drug-likeness (QED) is 0.413. The zero-order chi connectivity index (χ0) is 28.6. The Morgan fingerprint density at radius 1 is 1.15 bits per heavy atom. The molecule has 1 amide bonds. The first-order valence-corrected chi connectivity index (χ1v) is 13.9. The van der Waals surface area contributed by atoms with E-state index < -0.39 is 73.7 Å². The van der Waals surface area contributed by atoms with E-state index in [-0.39, 0.29) is 23.7 Å². The van der Waals surface area contributed by atoms with E-state index in [1.54, 1.807) is 6.07 Å². The van der Waals surface area contributed by atoms with Gasteiger partial charge in [-0.3, -0.25) is 9.78 Å². The number of amides is 1. The first-order chi connectivity index (χ1) is 18.3. The lowest BCUT2D eigenvalue weighted by atomic mass is 9.88. The van der Waals surface area contributed by atoms with Crippen molar-refractivity contribution < 1.29 is 36.2 Å². The molecule has 208 valence electrons. The molecule has 4 rings (SSSR count). The van der Waals surface area contributed by atoms with E-state index in [4.69, 9.17) is 10.5 Å². The minimum absolute atomic E-state index is 0.0390. The van der Waals surface area contributed by atoms with Crippen molar-refractivity contribution in [1.82, 2.24) is 9.97 Å². The summed E-state index contributed by atoms with van der Waals surface area (Å²) in [5, 5.41) is 13.0. The molecule has 3 heterocycles. The standard InChI is InChI=1S/C26H27F3N4O5S/c1-12(2)25-24(34)18(30)10-21(38-25)14-6-7-31-11-20(14)33-26(35)19-5-4-15(27)23(32-19)22-16(28)8-13(9-17(22)29)39(3,36)37/h4-9,11-12,18,21,24-25,34H,10,30H2,1-3H3,(H,33,35)/t18-,21+,24+,25-/m1/s1. The number of carbonyl (C=O) groups is 1. The molecule has 0 spiro atoms. The van der Waals surface area contributed by atoms with E-state index in [0.717, 1.165) is 18.4 Å². The summed E-state index contributed by atoms with van der Waals surface area (Å²) >= 11 is 0. The number of hydrogen-bond acceptors (Lipinski definition) is 8. The number of sulfone groups is 1. The molecular weight excluding hydrogens is 537 g/mol. The molecule has 0 saturated carbocycles. The van der Waals surface area contributed by atoms with Gasteiger partial charge in [0.05, 0.1) is 40.7 Å². The van der Waals surface area contributed by atoms with E-state index in [1.165, 1.54) is 12.4 Å². The lowest BCUT2D eigenvalue weighted by Gasteiger charge is -2.40. The molecule has 0 aliphatic carbocycles. The van der Waals surface area contributed by atoms with Crippen LogP contribution < -0.4 is 11.1 Å². The molecule has 4 N–H and O–H groups in total. The molecule has 4 atom stereocenters. The number of halogens is 3.